The number of benzene rings is 1. The minimum Gasteiger partial charge on any atom is -0.493 e. The predicted octanol–water partition coefficient (Wildman–Crippen LogP) is 3.30. The third-order valence-corrected chi connectivity index (χ3v) is 3.22. The molecule has 8 heteroatoms. The molecule has 0 fully saturated rings. The van der Waals surface area contributed by atoms with Gasteiger partial charge >= 0.3 is 5.97 Å². The van der Waals surface area contributed by atoms with Crippen molar-refractivity contribution < 1.29 is 24.3 Å². The van der Waals surface area contributed by atoms with E-state index < -0.39 is 10.9 Å². The summed E-state index contributed by atoms with van der Waals surface area (Å²) in [6.45, 7) is 1.91. The zero-order valence-corrected chi connectivity index (χ0v) is 13.3. The Kier molecular flexibility index (Phi) is 6.41. The summed E-state index contributed by atoms with van der Waals surface area (Å²) in [7, 11) is 1.44. The number of halogens is 1. The van der Waals surface area contributed by atoms with E-state index in [4.69, 9.17) is 14.6 Å². The zero-order valence-electron chi connectivity index (χ0n) is 11.7. The fourth-order valence-electron chi connectivity index (χ4n) is 1.72. The monoisotopic (exact) mass is 361 g/mol. The van der Waals surface area contributed by atoms with Crippen molar-refractivity contribution in [3.63, 3.8) is 0 Å². The van der Waals surface area contributed by atoms with Gasteiger partial charge in [-0.1, -0.05) is 15.9 Å². The number of rotatable bonds is 8. The average molecular weight is 362 g/mol. The minimum atomic E-state index is -0.917. The van der Waals surface area contributed by atoms with E-state index in [1.54, 1.807) is 13.0 Å². The Balaban J connectivity index is 2.99. The number of ether oxygens (including phenoxy) is 2. The number of nitrogens with zero attached hydrogens (tertiary/aromatic N) is 1. The molecule has 1 aromatic carbocycles. The molecule has 0 aliphatic carbocycles. The van der Waals surface area contributed by atoms with E-state index in [1.807, 2.05) is 0 Å². The van der Waals surface area contributed by atoms with Crippen LogP contribution in [0.3, 0.4) is 0 Å². The summed E-state index contributed by atoms with van der Waals surface area (Å²) in [6.07, 6.45) is 0.282. The quantitative estimate of drug-likeness (QED) is 0.330. The van der Waals surface area contributed by atoms with Crippen LogP contribution in [0.5, 0.6) is 11.5 Å². The lowest BCUT2D eigenvalue weighted by molar-refractivity contribution is -0.385. The van der Waals surface area contributed by atoms with Crippen LogP contribution in [0, 0.1) is 10.1 Å². The summed E-state index contributed by atoms with van der Waals surface area (Å²) in [5.41, 5.74) is 0.406. The molecule has 0 aromatic heterocycles. The van der Waals surface area contributed by atoms with Crippen LogP contribution in [0.4, 0.5) is 5.69 Å². The molecule has 0 bridgehead atoms. The molecule has 116 valence electrons. The van der Waals surface area contributed by atoms with Crippen molar-refractivity contribution in [3.05, 3.63) is 27.8 Å². The largest absolute Gasteiger partial charge is 0.493 e. The molecule has 21 heavy (non-hydrogen) atoms. The number of carboxylic acids is 1. The van der Waals surface area contributed by atoms with Gasteiger partial charge in [-0.3, -0.25) is 14.9 Å². The van der Waals surface area contributed by atoms with Crippen LogP contribution in [-0.2, 0) is 4.79 Å². The number of nitro groups is 1. The van der Waals surface area contributed by atoms with Crippen molar-refractivity contribution in [2.45, 2.75) is 24.6 Å². The Morgan fingerprint density at radius 3 is 2.62 bits per heavy atom. The Morgan fingerprint density at radius 2 is 2.14 bits per heavy atom. The number of alkyl halides is 1. The topological polar surface area (TPSA) is 98.9 Å². The molecule has 1 aromatic rings. The first-order valence-electron chi connectivity index (χ1n) is 6.21. The second-order valence-electron chi connectivity index (χ2n) is 4.28. The lowest BCUT2D eigenvalue weighted by Crippen LogP contribution is -2.05. The molecule has 1 N–H and O–H groups in total. The molecule has 7 nitrogen and oxygen atoms in total. The lowest BCUT2D eigenvalue weighted by atomic mass is 10.1. The van der Waals surface area contributed by atoms with Gasteiger partial charge in [-0.25, -0.2) is 0 Å². The van der Waals surface area contributed by atoms with Crippen LogP contribution in [0.15, 0.2) is 12.1 Å². The predicted molar refractivity (Wildman–Crippen MR) is 79.4 cm³/mol. The van der Waals surface area contributed by atoms with E-state index in [1.165, 1.54) is 13.2 Å². The number of hydrogen-bond donors (Lipinski definition) is 1. The molecule has 1 unspecified atom stereocenters. The SMILES string of the molecule is COc1cc(C(C)Br)c([N+](=O)[O-])cc1OCCCC(=O)O. The molecular formula is C13H16BrNO6. The molecular weight excluding hydrogens is 346 g/mol. The maximum Gasteiger partial charge on any atom is 0.303 e. The van der Waals surface area contributed by atoms with E-state index in [-0.39, 0.29) is 29.3 Å². The highest BCUT2D eigenvalue weighted by atomic mass is 79.9. The molecule has 1 rings (SSSR count). The normalized spacial score (nSPS) is 11.8. The van der Waals surface area contributed by atoms with Crippen LogP contribution >= 0.6 is 15.9 Å². The van der Waals surface area contributed by atoms with Crippen LogP contribution in [0.1, 0.15) is 30.2 Å². The molecule has 0 saturated carbocycles. The van der Waals surface area contributed by atoms with Crippen LogP contribution in [0.25, 0.3) is 0 Å². The van der Waals surface area contributed by atoms with Gasteiger partial charge in [-0.2, -0.15) is 0 Å². The first-order chi connectivity index (χ1) is 9.86. The summed E-state index contributed by atoms with van der Waals surface area (Å²) < 4.78 is 10.6. The Labute approximate surface area is 130 Å². The second kappa shape index (κ2) is 7.82. The summed E-state index contributed by atoms with van der Waals surface area (Å²) in [4.78, 5) is 20.8. The number of hydrogen-bond acceptors (Lipinski definition) is 5. The fraction of sp³-hybridized carbons (Fsp3) is 0.462. The fourth-order valence-corrected chi connectivity index (χ4v) is 2.09. The minimum absolute atomic E-state index is 0.0269. The number of carbonyl (C=O) groups is 1. The Morgan fingerprint density at radius 1 is 1.48 bits per heavy atom. The standard InChI is InChI=1S/C13H16BrNO6/c1-8(14)9-6-11(20-2)12(7-10(9)15(18)19)21-5-3-4-13(16)17/h6-8H,3-5H2,1-2H3,(H,16,17). The Bertz CT molecular complexity index is 532. The number of carboxylic acid groups (broad SMARTS) is 1. The van der Waals surface area contributed by atoms with E-state index in [0.717, 1.165) is 0 Å². The third-order valence-electron chi connectivity index (χ3n) is 2.73. The third kappa shape index (κ3) is 4.89. The van der Waals surface area contributed by atoms with Crippen LogP contribution < -0.4 is 9.47 Å². The number of nitro benzene ring substituents is 1. The van der Waals surface area contributed by atoms with Gasteiger partial charge in [0.25, 0.3) is 5.69 Å². The van der Waals surface area contributed by atoms with Crippen LogP contribution in [0.2, 0.25) is 0 Å². The molecule has 0 radical (unpaired) electrons. The molecule has 0 aliphatic heterocycles. The second-order valence-corrected chi connectivity index (χ2v) is 5.65. The first-order valence-corrected chi connectivity index (χ1v) is 7.13. The maximum atomic E-state index is 11.1. The van der Waals surface area contributed by atoms with Gasteiger partial charge in [-0.05, 0) is 19.4 Å². The average Bonchev–Trinajstić information content (AvgIpc) is 2.42. The van der Waals surface area contributed by atoms with E-state index in [9.17, 15) is 14.9 Å². The zero-order chi connectivity index (χ0) is 16.0. The highest BCUT2D eigenvalue weighted by Gasteiger charge is 2.22. The Hall–Kier alpha value is -1.83. The smallest absolute Gasteiger partial charge is 0.303 e. The van der Waals surface area contributed by atoms with Gasteiger partial charge in [0, 0.05) is 16.8 Å². The summed E-state index contributed by atoms with van der Waals surface area (Å²) in [5.74, 6) is -0.316. The van der Waals surface area contributed by atoms with Gasteiger partial charge < -0.3 is 14.6 Å². The van der Waals surface area contributed by atoms with Crippen molar-refractivity contribution >= 4 is 27.6 Å². The first kappa shape index (κ1) is 17.2. The molecule has 0 aliphatic rings. The van der Waals surface area contributed by atoms with Crippen LogP contribution in [-0.4, -0.2) is 29.7 Å². The highest BCUT2D eigenvalue weighted by Crippen LogP contribution is 2.39. The maximum absolute atomic E-state index is 11.1. The van der Waals surface area contributed by atoms with Gasteiger partial charge in [0.1, 0.15) is 0 Å². The van der Waals surface area contributed by atoms with E-state index in [0.29, 0.717) is 17.7 Å². The van der Waals surface area contributed by atoms with Crippen molar-refractivity contribution in [1.82, 2.24) is 0 Å². The van der Waals surface area contributed by atoms with Crippen molar-refractivity contribution in [2.75, 3.05) is 13.7 Å². The summed E-state index contributed by atoms with van der Waals surface area (Å²) in [5, 5.41) is 19.7. The van der Waals surface area contributed by atoms with E-state index in [2.05, 4.69) is 15.9 Å². The van der Waals surface area contributed by atoms with Crippen molar-refractivity contribution in [2.24, 2.45) is 0 Å². The highest BCUT2D eigenvalue weighted by molar-refractivity contribution is 9.09. The van der Waals surface area contributed by atoms with Crippen molar-refractivity contribution in [3.8, 4) is 11.5 Å². The number of aliphatic carboxylic acids is 1. The number of methoxy groups -OCH3 is 1. The summed E-state index contributed by atoms with van der Waals surface area (Å²) >= 11 is 3.30. The molecule has 0 amide bonds. The lowest BCUT2D eigenvalue weighted by Gasteiger charge is -2.13. The molecule has 0 saturated heterocycles. The molecule has 0 spiro atoms. The van der Waals surface area contributed by atoms with Crippen molar-refractivity contribution in [1.29, 1.82) is 0 Å². The van der Waals surface area contributed by atoms with Gasteiger partial charge in [0.2, 0.25) is 0 Å². The van der Waals surface area contributed by atoms with E-state index >= 15 is 0 Å². The van der Waals surface area contributed by atoms with Gasteiger partial charge in [-0.15, -0.1) is 0 Å². The molecule has 0 heterocycles. The van der Waals surface area contributed by atoms with Gasteiger partial charge in [0.15, 0.2) is 11.5 Å². The summed E-state index contributed by atoms with van der Waals surface area (Å²) in [6, 6.07) is 2.84. The van der Waals surface area contributed by atoms with Gasteiger partial charge in [0.05, 0.1) is 24.7 Å². The molecule has 1 atom stereocenters.